The predicted molar refractivity (Wildman–Crippen MR) is 178 cm³/mol. The Bertz CT molecular complexity index is 1030. The number of hydrogen-bond acceptors (Lipinski definition) is 5. The van der Waals surface area contributed by atoms with Crippen LogP contribution in [0.3, 0.4) is 0 Å². The first-order valence-corrected chi connectivity index (χ1v) is 18.0. The van der Waals surface area contributed by atoms with E-state index in [0.29, 0.717) is 0 Å². The van der Waals surface area contributed by atoms with Crippen LogP contribution in [0.25, 0.3) is 10.1 Å². The van der Waals surface area contributed by atoms with Crippen LogP contribution in [0.2, 0.25) is 0 Å². The van der Waals surface area contributed by atoms with Crippen LogP contribution >= 0.6 is 32.1 Å². The molecule has 4 rings (SSSR count). The summed E-state index contributed by atoms with van der Waals surface area (Å²) in [5.41, 5.74) is 1.36. The molecule has 2 aromatic carbocycles. The molecule has 1 saturated carbocycles. The third-order valence-corrected chi connectivity index (χ3v) is 10.0. The first-order valence-electron chi connectivity index (χ1n) is 14.9. The molecule has 0 spiro atoms. The SMILES string of the molecule is CC.CCC1CCCCC1CNSc1cc(C)ccc1PC.CCCN(CCC)c1nsc2ccccc12. The van der Waals surface area contributed by atoms with Gasteiger partial charge in [-0.25, -0.2) is 0 Å². The van der Waals surface area contributed by atoms with Crippen LogP contribution in [0.15, 0.2) is 47.4 Å². The van der Waals surface area contributed by atoms with Gasteiger partial charge < -0.3 is 4.90 Å². The van der Waals surface area contributed by atoms with Crippen LogP contribution in [-0.2, 0) is 0 Å². The summed E-state index contributed by atoms with van der Waals surface area (Å²) in [4.78, 5) is 3.83. The van der Waals surface area contributed by atoms with Crippen LogP contribution < -0.4 is 14.9 Å². The van der Waals surface area contributed by atoms with Gasteiger partial charge in [-0.15, -0.1) is 0 Å². The summed E-state index contributed by atoms with van der Waals surface area (Å²) < 4.78 is 9.55. The van der Waals surface area contributed by atoms with Gasteiger partial charge in [-0.2, -0.15) is 4.37 Å². The molecule has 3 unspecified atom stereocenters. The number of fused-ring (bicyclic) bond motifs is 1. The lowest BCUT2D eigenvalue weighted by Gasteiger charge is -2.30. The Labute approximate surface area is 244 Å². The number of aromatic nitrogens is 1. The van der Waals surface area contributed by atoms with Gasteiger partial charge in [-0.1, -0.05) is 93.1 Å². The number of anilines is 1. The summed E-state index contributed by atoms with van der Waals surface area (Å²) in [6.45, 7) is 18.6. The van der Waals surface area contributed by atoms with E-state index in [2.05, 4.69) is 90.8 Å². The fourth-order valence-electron chi connectivity index (χ4n) is 5.20. The smallest absolute Gasteiger partial charge is 0.150 e. The first kappa shape index (κ1) is 33.1. The van der Waals surface area contributed by atoms with E-state index in [-0.39, 0.29) is 0 Å². The van der Waals surface area contributed by atoms with E-state index < -0.39 is 0 Å². The van der Waals surface area contributed by atoms with Crippen LogP contribution in [0.4, 0.5) is 5.82 Å². The van der Waals surface area contributed by atoms with Gasteiger partial charge >= 0.3 is 0 Å². The van der Waals surface area contributed by atoms with Crippen LogP contribution in [0.1, 0.15) is 85.1 Å². The third-order valence-electron chi connectivity index (χ3n) is 7.17. The van der Waals surface area contributed by atoms with Gasteiger partial charge in [0.15, 0.2) is 0 Å². The number of nitrogens with one attached hydrogen (secondary N) is 1. The van der Waals surface area contributed by atoms with Crippen LogP contribution in [0, 0.1) is 18.8 Å². The molecule has 0 saturated heterocycles. The summed E-state index contributed by atoms with van der Waals surface area (Å²) in [7, 11) is 0.877. The molecular formula is C32H52N3PS2. The molecular weight excluding hydrogens is 521 g/mol. The van der Waals surface area contributed by atoms with Gasteiger partial charge in [-0.05, 0) is 97.2 Å². The Balaban J connectivity index is 0.000000256. The lowest BCUT2D eigenvalue weighted by Crippen LogP contribution is -2.27. The second-order valence-electron chi connectivity index (χ2n) is 9.90. The molecule has 1 aliphatic rings. The van der Waals surface area contributed by atoms with Gasteiger partial charge in [0.1, 0.15) is 5.82 Å². The second-order valence-corrected chi connectivity index (χ2v) is 12.7. The molecule has 3 atom stereocenters. The highest BCUT2D eigenvalue weighted by atomic mass is 32.2. The molecule has 38 heavy (non-hydrogen) atoms. The molecule has 0 radical (unpaired) electrons. The van der Waals surface area contributed by atoms with E-state index in [1.165, 1.54) is 83.2 Å². The minimum atomic E-state index is 0.877. The van der Waals surface area contributed by atoms with E-state index >= 15 is 0 Å². The Morgan fingerprint density at radius 2 is 1.68 bits per heavy atom. The van der Waals surface area contributed by atoms with E-state index in [9.17, 15) is 0 Å². The van der Waals surface area contributed by atoms with Crippen molar-refractivity contribution in [2.45, 2.75) is 91.4 Å². The molecule has 1 N–H and O–H groups in total. The zero-order chi connectivity index (χ0) is 27.8. The molecule has 212 valence electrons. The molecule has 3 nitrogen and oxygen atoms in total. The molecule has 1 fully saturated rings. The van der Waals surface area contributed by atoms with E-state index in [0.717, 1.165) is 33.5 Å². The average molecular weight is 574 g/mol. The summed E-state index contributed by atoms with van der Waals surface area (Å²) in [6, 6.07) is 15.3. The Kier molecular flexibility index (Phi) is 16.6. The van der Waals surface area contributed by atoms with Crippen LogP contribution in [0.5, 0.6) is 0 Å². The number of benzene rings is 2. The molecule has 0 amide bonds. The number of rotatable bonds is 11. The molecule has 0 bridgehead atoms. The van der Waals surface area contributed by atoms with Crippen LogP contribution in [-0.4, -0.2) is 30.7 Å². The maximum Gasteiger partial charge on any atom is 0.150 e. The van der Waals surface area contributed by atoms with E-state index in [4.69, 9.17) is 0 Å². The lowest BCUT2D eigenvalue weighted by atomic mass is 9.78. The zero-order valence-corrected chi connectivity index (χ0v) is 27.6. The average Bonchev–Trinajstić information content (AvgIpc) is 3.39. The van der Waals surface area contributed by atoms with Crippen molar-refractivity contribution < 1.29 is 0 Å². The van der Waals surface area contributed by atoms with Gasteiger partial charge in [0.05, 0.1) is 4.70 Å². The molecule has 1 aromatic heterocycles. The largest absolute Gasteiger partial charge is 0.355 e. The minimum Gasteiger partial charge on any atom is -0.355 e. The van der Waals surface area contributed by atoms with Gasteiger partial charge in [0.25, 0.3) is 0 Å². The Morgan fingerprint density at radius 3 is 2.34 bits per heavy atom. The van der Waals surface area contributed by atoms with E-state index in [1.54, 1.807) is 11.5 Å². The molecule has 0 aliphatic heterocycles. The second kappa shape index (κ2) is 19.0. The molecule has 6 heteroatoms. The van der Waals surface area contributed by atoms with E-state index in [1.807, 2.05) is 25.8 Å². The summed E-state index contributed by atoms with van der Waals surface area (Å²) in [6.07, 6.45) is 9.43. The van der Waals surface area contributed by atoms with Gasteiger partial charge in [0.2, 0.25) is 0 Å². The van der Waals surface area contributed by atoms with Gasteiger partial charge in [0, 0.05) is 29.9 Å². The number of nitrogens with zero attached hydrogens (tertiary/aromatic N) is 2. The summed E-state index contributed by atoms with van der Waals surface area (Å²) in [5.74, 6) is 3.00. The standard InChI is InChI=1S/C17H28NPS.C13H18N2S.C2H6/c1-4-14-7-5-6-8-15(14)12-18-20-17-11-13(2)9-10-16(17)19-3;1-3-9-15(10-4-2)13-11-7-5-6-8-12(11)16-14-13;1-2/h9-11,14-15,18-19H,4-8,12H2,1-3H3;5-8H,3-4,9-10H2,1-2H3;1-2H3. The van der Waals surface area contributed by atoms with Crippen molar-refractivity contribution >= 4 is 53.3 Å². The fraction of sp³-hybridized carbons (Fsp3) is 0.594. The van der Waals surface area contributed by atoms with Crippen molar-refractivity contribution in [2.75, 3.05) is 31.2 Å². The third kappa shape index (κ3) is 10.1. The zero-order valence-electron chi connectivity index (χ0n) is 25.0. The van der Waals surface area contributed by atoms with Crippen molar-refractivity contribution in [1.29, 1.82) is 0 Å². The minimum absolute atomic E-state index is 0.877. The van der Waals surface area contributed by atoms with Crippen molar-refractivity contribution in [2.24, 2.45) is 11.8 Å². The highest BCUT2D eigenvalue weighted by Crippen LogP contribution is 2.32. The van der Waals surface area contributed by atoms with Crippen molar-refractivity contribution in [3.63, 3.8) is 0 Å². The highest BCUT2D eigenvalue weighted by molar-refractivity contribution is 7.97. The number of aryl methyl sites for hydroxylation is 1. The maximum atomic E-state index is 4.60. The summed E-state index contributed by atoms with van der Waals surface area (Å²) >= 11 is 3.45. The first-order chi connectivity index (χ1) is 18.6. The van der Waals surface area contributed by atoms with Crippen molar-refractivity contribution in [3.05, 3.63) is 48.0 Å². The fourth-order valence-corrected chi connectivity index (χ4v) is 7.90. The Morgan fingerprint density at radius 1 is 1.00 bits per heavy atom. The maximum absolute atomic E-state index is 4.60. The lowest BCUT2D eigenvalue weighted by molar-refractivity contribution is 0.233. The molecule has 1 heterocycles. The van der Waals surface area contributed by atoms with Gasteiger partial charge in [-0.3, -0.25) is 4.72 Å². The predicted octanol–water partition coefficient (Wildman–Crippen LogP) is 9.69. The molecule has 1 aliphatic carbocycles. The normalized spacial score (nSPS) is 17.1. The highest BCUT2D eigenvalue weighted by Gasteiger charge is 2.23. The monoisotopic (exact) mass is 573 g/mol. The van der Waals surface area contributed by atoms with Crippen molar-refractivity contribution in [1.82, 2.24) is 9.10 Å². The topological polar surface area (TPSA) is 28.2 Å². The molecule has 3 aromatic rings. The van der Waals surface area contributed by atoms with Crippen molar-refractivity contribution in [3.8, 4) is 0 Å². The number of hydrogen-bond donors (Lipinski definition) is 1. The quantitative estimate of drug-likeness (QED) is 0.183. The Hall–Kier alpha value is -1.13. The summed E-state index contributed by atoms with van der Waals surface area (Å²) in [5, 5.41) is 2.79.